The van der Waals surface area contributed by atoms with Crippen LogP contribution in [0.1, 0.15) is 27.0 Å². The summed E-state index contributed by atoms with van der Waals surface area (Å²) in [6, 6.07) is 2.42. The number of hydrogen-bond donors (Lipinski definition) is 1. The van der Waals surface area contributed by atoms with Crippen LogP contribution in [0.15, 0.2) is 23.7 Å². The van der Waals surface area contributed by atoms with Crippen molar-refractivity contribution in [3.63, 3.8) is 0 Å². The standard InChI is InChI=1S/C14H13ClN2O3S/c1-16-7-8(15)6-10(16)13(18)17-4-2-11-9(3-5-21-11)12(17)14(19)20/h3,5-7,12H,2,4H2,1H3,(H,19,20). The lowest BCUT2D eigenvalue weighted by Gasteiger charge is -2.33. The number of nitrogens with zero attached hydrogens (tertiary/aromatic N) is 2. The van der Waals surface area contributed by atoms with E-state index in [-0.39, 0.29) is 5.91 Å². The molecular weight excluding hydrogens is 312 g/mol. The van der Waals surface area contributed by atoms with Gasteiger partial charge in [0.1, 0.15) is 5.69 Å². The van der Waals surface area contributed by atoms with E-state index in [1.807, 2.05) is 5.38 Å². The summed E-state index contributed by atoms with van der Waals surface area (Å²) in [6.07, 6.45) is 2.31. The number of aryl methyl sites for hydroxylation is 1. The van der Waals surface area contributed by atoms with Crippen LogP contribution in [0, 0.1) is 0 Å². The quantitative estimate of drug-likeness (QED) is 0.923. The summed E-state index contributed by atoms with van der Waals surface area (Å²) in [6.45, 7) is 0.395. The summed E-state index contributed by atoms with van der Waals surface area (Å²) >= 11 is 7.44. The van der Waals surface area contributed by atoms with Crippen LogP contribution >= 0.6 is 22.9 Å². The Labute approximate surface area is 130 Å². The first-order valence-electron chi connectivity index (χ1n) is 6.41. The van der Waals surface area contributed by atoms with E-state index in [4.69, 9.17) is 11.6 Å². The first-order valence-corrected chi connectivity index (χ1v) is 7.66. The maximum Gasteiger partial charge on any atom is 0.331 e. The van der Waals surface area contributed by atoms with Gasteiger partial charge in [-0.15, -0.1) is 11.3 Å². The van der Waals surface area contributed by atoms with E-state index in [9.17, 15) is 14.7 Å². The second-order valence-corrected chi connectivity index (χ2v) is 6.38. The monoisotopic (exact) mass is 324 g/mol. The maximum absolute atomic E-state index is 12.7. The van der Waals surface area contributed by atoms with E-state index in [2.05, 4.69) is 0 Å². The molecule has 110 valence electrons. The van der Waals surface area contributed by atoms with Gasteiger partial charge < -0.3 is 14.6 Å². The molecule has 0 bridgehead atoms. The van der Waals surface area contributed by atoms with E-state index in [0.29, 0.717) is 29.2 Å². The zero-order valence-corrected chi connectivity index (χ0v) is 12.8. The van der Waals surface area contributed by atoms with Gasteiger partial charge in [0.05, 0.1) is 5.02 Å². The minimum atomic E-state index is -1.01. The Morgan fingerprint density at radius 3 is 2.86 bits per heavy atom. The number of thiophene rings is 1. The highest BCUT2D eigenvalue weighted by atomic mass is 35.5. The summed E-state index contributed by atoms with van der Waals surface area (Å²) in [5.74, 6) is -1.32. The minimum absolute atomic E-state index is 0.311. The van der Waals surface area contributed by atoms with Crippen molar-refractivity contribution in [1.29, 1.82) is 0 Å². The third-order valence-corrected chi connectivity index (χ3v) is 4.85. The van der Waals surface area contributed by atoms with Crippen molar-refractivity contribution >= 4 is 34.8 Å². The minimum Gasteiger partial charge on any atom is -0.479 e. The van der Waals surface area contributed by atoms with Gasteiger partial charge in [-0.1, -0.05) is 11.6 Å². The average molecular weight is 325 g/mol. The molecule has 0 saturated heterocycles. The lowest BCUT2D eigenvalue weighted by molar-refractivity contribution is -0.143. The van der Waals surface area contributed by atoms with Crippen molar-refractivity contribution in [3.8, 4) is 0 Å². The molecule has 0 fully saturated rings. The molecule has 3 rings (SSSR count). The number of carboxylic acids is 1. The number of fused-ring (bicyclic) bond motifs is 1. The number of aromatic nitrogens is 1. The molecule has 21 heavy (non-hydrogen) atoms. The number of amides is 1. The van der Waals surface area contributed by atoms with Gasteiger partial charge in [-0.3, -0.25) is 4.79 Å². The first-order chi connectivity index (χ1) is 9.99. The van der Waals surface area contributed by atoms with Crippen LogP contribution in [0.3, 0.4) is 0 Å². The predicted octanol–water partition coefficient (Wildman–Crippen LogP) is 2.56. The molecule has 1 aliphatic rings. The van der Waals surface area contributed by atoms with Crippen molar-refractivity contribution in [2.24, 2.45) is 7.05 Å². The van der Waals surface area contributed by atoms with Gasteiger partial charge in [0.25, 0.3) is 5.91 Å². The van der Waals surface area contributed by atoms with Crippen LogP contribution in [-0.2, 0) is 18.3 Å². The summed E-state index contributed by atoms with van der Waals surface area (Å²) in [5.41, 5.74) is 1.11. The normalized spacial score (nSPS) is 17.6. The number of aliphatic carboxylic acids is 1. The SMILES string of the molecule is Cn1cc(Cl)cc1C(=O)N1CCc2sccc2C1C(=O)O. The zero-order chi connectivity index (χ0) is 15.1. The predicted molar refractivity (Wildman–Crippen MR) is 79.9 cm³/mol. The Balaban J connectivity index is 2.00. The second kappa shape index (κ2) is 5.20. The highest BCUT2D eigenvalue weighted by molar-refractivity contribution is 7.10. The summed E-state index contributed by atoms with van der Waals surface area (Å²) in [5, 5.41) is 11.9. The lowest BCUT2D eigenvalue weighted by atomic mass is 9.99. The highest BCUT2D eigenvalue weighted by Crippen LogP contribution is 2.34. The molecule has 1 amide bonds. The molecular formula is C14H13ClN2O3S. The lowest BCUT2D eigenvalue weighted by Crippen LogP contribution is -2.43. The maximum atomic E-state index is 12.7. The van der Waals surface area contributed by atoms with Crippen molar-refractivity contribution in [2.45, 2.75) is 12.5 Å². The van der Waals surface area contributed by atoms with Crippen LogP contribution in [0.2, 0.25) is 5.02 Å². The third-order valence-electron chi connectivity index (χ3n) is 3.65. The van der Waals surface area contributed by atoms with Crippen LogP contribution < -0.4 is 0 Å². The van der Waals surface area contributed by atoms with E-state index in [0.717, 1.165) is 4.88 Å². The van der Waals surface area contributed by atoms with Crippen molar-refractivity contribution in [2.75, 3.05) is 6.54 Å². The van der Waals surface area contributed by atoms with Gasteiger partial charge in [0, 0.05) is 24.7 Å². The molecule has 0 aromatic carbocycles. The molecule has 1 unspecified atom stereocenters. The summed E-state index contributed by atoms with van der Waals surface area (Å²) < 4.78 is 1.62. The van der Waals surface area contributed by atoms with Crippen LogP contribution in [0.4, 0.5) is 0 Å². The number of carbonyl (C=O) groups is 2. The molecule has 1 aliphatic heterocycles. The molecule has 3 heterocycles. The Kier molecular flexibility index (Phi) is 3.51. The van der Waals surface area contributed by atoms with Crippen molar-refractivity contribution in [1.82, 2.24) is 9.47 Å². The van der Waals surface area contributed by atoms with E-state index < -0.39 is 12.0 Å². The molecule has 2 aromatic heterocycles. The van der Waals surface area contributed by atoms with Gasteiger partial charge >= 0.3 is 5.97 Å². The molecule has 5 nitrogen and oxygen atoms in total. The smallest absolute Gasteiger partial charge is 0.331 e. The Morgan fingerprint density at radius 1 is 1.48 bits per heavy atom. The van der Waals surface area contributed by atoms with Crippen molar-refractivity contribution < 1.29 is 14.7 Å². The molecule has 0 saturated carbocycles. The summed E-state index contributed by atoms with van der Waals surface area (Å²) in [4.78, 5) is 26.7. The van der Waals surface area contributed by atoms with Gasteiger partial charge in [-0.25, -0.2) is 4.79 Å². The Morgan fingerprint density at radius 2 is 2.24 bits per heavy atom. The second-order valence-electron chi connectivity index (χ2n) is 4.94. The third kappa shape index (κ3) is 2.34. The average Bonchev–Trinajstić information content (AvgIpc) is 3.02. The number of rotatable bonds is 2. The van der Waals surface area contributed by atoms with Gasteiger partial charge in [-0.2, -0.15) is 0 Å². The van der Waals surface area contributed by atoms with E-state index in [1.165, 1.54) is 16.2 Å². The molecule has 0 spiro atoms. The van der Waals surface area contributed by atoms with Gasteiger partial charge in [0.2, 0.25) is 0 Å². The Bertz CT molecular complexity index is 722. The number of carbonyl (C=O) groups excluding carboxylic acids is 1. The number of carboxylic acid groups (broad SMARTS) is 1. The molecule has 0 aliphatic carbocycles. The number of hydrogen-bond acceptors (Lipinski definition) is 3. The topological polar surface area (TPSA) is 62.5 Å². The molecule has 1 N–H and O–H groups in total. The summed E-state index contributed by atoms with van der Waals surface area (Å²) in [7, 11) is 1.72. The van der Waals surface area contributed by atoms with Gasteiger partial charge in [0.15, 0.2) is 6.04 Å². The molecule has 2 aromatic rings. The van der Waals surface area contributed by atoms with Crippen LogP contribution in [-0.4, -0.2) is 33.0 Å². The molecule has 1 atom stereocenters. The van der Waals surface area contributed by atoms with Crippen LogP contribution in [0.25, 0.3) is 0 Å². The van der Waals surface area contributed by atoms with Crippen LogP contribution in [0.5, 0.6) is 0 Å². The van der Waals surface area contributed by atoms with Gasteiger partial charge in [-0.05, 0) is 29.5 Å². The first kappa shape index (κ1) is 14.2. The molecule has 7 heteroatoms. The Hall–Kier alpha value is -1.79. The van der Waals surface area contributed by atoms with Crippen molar-refractivity contribution in [3.05, 3.63) is 44.9 Å². The largest absolute Gasteiger partial charge is 0.479 e. The highest BCUT2D eigenvalue weighted by Gasteiger charge is 2.37. The fraction of sp³-hybridized carbons (Fsp3) is 0.286. The number of halogens is 1. The fourth-order valence-electron chi connectivity index (χ4n) is 2.69. The van der Waals surface area contributed by atoms with E-state index >= 15 is 0 Å². The molecule has 0 radical (unpaired) electrons. The zero-order valence-electron chi connectivity index (χ0n) is 11.2. The van der Waals surface area contributed by atoms with E-state index in [1.54, 1.807) is 29.9 Å². The fourth-order valence-corrected chi connectivity index (χ4v) is 3.84.